The predicted octanol–water partition coefficient (Wildman–Crippen LogP) is -5.44. The Labute approximate surface area is 419 Å². The van der Waals surface area contributed by atoms with E-state index < -0.39 is 108 Å². The summed E-state index contributed by atoms with van der Waals surface area (Å²) in [6.45, 7) is 1.04. The van der Waals surface area contributed by atoms with Crippen LogP contribution in [0, 0.1) is 0 Å². The van der Waals surface area contributed by atoms with Gasteiger partial charge in [-0.05, 0) is 24.6 Å². The van der Waals surface area contributed by atoms with E-state index in [4.69, 9.17) is 37.9 Å². The highest BCUT2D eigenvalue weighted by Gasteiger charge is 2.45. The SMILES string of the molecule is CC(O)OCc1ccc(O[C@@H]2O[C@H](CO)[C@H](O)[C@H](O)[C@H]2O)c(NC(=O)CCNC(=O)COCCNC(=O)[C@@H](CS(=O)(=O)O)NC(=O)CCOCCOCCOCCOCCNC(=O)CCN2C(=O)C=CC2=O)c1. The topological polar surface area (TPSA) is 412 Å². The number of aliphatic hydroxyl groups is 5. The molecule has 2 aliphatic rings. The van der Waals surface area contributed by atoms with E-state index in [1.54, 1.807) is 0 Å². The van der Waals surface area contributed by atoms with Crippen molar-refractivity contribution in [2.24, 2.45) is 0 Å². The largest absolute Gasteiger partial charge is 0.460 e. The Balaban J connectivity index is 1.24. The van der Waals surface area contributed by atoms with Crippen LogP contribution in [0.5, 0.6) is 5.75 Å². The third-order valence-electron chi connectivity index (χ3n) is 10.0. The highest BCUT2D eigenvalue weighted by atomic mass is 32.2. The maximum absolute atomic E-state index is 12.9. The number of nitrogens with zero attached hydrogens (tertiary/aromatic N) is 1. The molecule has 1 aromatic carbocycles. The Morgan fingerprint density at radius 2 is 1.33 bits per heavy atom. The summed E-state index contributed by atoms with van der Waals surface area (Å²) in [4.78, 5) is 86.3. The Morgan fingerprint density at radius 1 is 0.726 bits per heavy atom. The van der Waals surface area contributed by atoms with Crippen molar-refractivity contribution in [1.29, 1.82) is 0 Å². The van der Waals surface area contributed by atoms with Gasteiger partial charge in [-0.1, -0.05) is 6.07 Å². The van der Waals surface area contributed by atoms with Gasteiger partial charge in [0.05, 0.1) is 78.4 Å². The van der Waals surface area contributed by atoms with Crippen LogP contribution in [0.15, 0.2) is 30.4 Å². The van der Waals surface area contributed by atoms with Crippen LogP contribution in [-0.4, -0.2) is 232 Å². The zero-order chi connectivity index (χ0) is 53.8. The molecule has 412 valence electrons. The molecule has 0 radical (unpaired) electrons. The minimum absolute atomic E-state index is 0.00853. The van der Waals surface area contributed by atoms with Crippen LogP contribution in [0.4, 0.5) is 5.69 Å². The van der Waals surface area contributed by atoms with Gasteiger partial charge in [0.25, 0.3) is 21.9 Å². The molecule has 7 amide bonds. The van der Waals surface area contributed by atoms with Crippen molar-refractivity contribution in [2.45, 2.75) is 75.8 Å². The summed E-state index contributed by atoms with van der Waals surface area (Å²) in [6, 6.07) is 2.66. The number of carbonyl (C=O) groups is 7. The maximum atomic E-state index is 12.9. The molecule has 0 aliphatic carbocycles. The minimum Gasteiger partial charge on any atom is -0.460 e. The summed E-state index contributed by atoms with van der Waals surface area (Å²) < 4.78 is 75.5. The van der Waals surface area contributed by atoms with Crippen molar-refractivity contribution in [3.63, 3.8) is 0 Å². The van der Waals surface area contributed by atoms with Crippen LogP contribution in [0.25, 0.3) is 0 Å². The predicted molar refractivity (Wildman–Crippen MR) is 247 cm³/mol. The maximum Gasteiger partial charge on any atom is 0.267 e. The van der Waals surface area contributed by atoms with Gasteiger partial charge in [-0.3, -0.25) is 43.0 Å². The van der Waals surface area contributed by atoms with Gasteiger partial charge in [-0.2, -0.15) is 8.42 Å². The second-order valence-corrected chi connectivity index (χ2v) is 17.4. The van der Waals surface area contributed by atoms with Crippen molar-refractivity contribution < 1.29 is 110 Å². The molecule has 30 heteroatoms. The molecular weight excluding hydrogens is 1000 g/mol. The van der Waals surface area contributed by atoms with Crippen molar-refractivity contribution in [2.75, 3.05) is 110 Å². The highest BCUT2D eigenvalue weighted by Crippen LogP contribution is 2.31. The van der Waals surface area contributed by atoms with E-state index >= 15 is 0 Å². The number of imide groups is 1. The zero-order valence-electron chi connectivity index (χ0n) is 40.0. The number of hydrogen-bond donors (Lipinski definition) is 11. The van der Waals surface area contributed by atoms with Crippen LogP contribution in [-0.2, 0) is 83.4 Å². The molecule has 1 aromatic rings. The van der Waals surface area contributed by atoms with Gasteiger partial charge in [0.2, 0.25) is 35.8 Å². The van der Waals surface area contributed by atoms with Crippen molar-refractivity contribution in [1.82, 2.24) is 26.2 Å². The number of hydrogen-bond acceptors (Lipinski definition) is 22. The average molecular weight is 1070 g/mol. The summed E-state index contributed by atoms with van der Waals surface area (Å²) in [7, 11) is -4.72. The highest BCUT2D eigenvalue weighted by molar-refractivity contribution is 7.85. The lowest BCUT2D eigenvalue weighted by Crippen LogP contribution is -2.60. The van der Waals surface area contributed by atoms with Gasteiger partial charge in [0, 0.05) is 57.6 Å². The molecule has 1 fully saturated rings. The number of aliphatic hydroxyl groups excluding tert-OH is 5. The quantitative estimate of drug-likeness (QED) is 0.0128. The van der Waals surface area contributed by atoms with Gasteiger partial charge in [0.1, 0.15) is 48.6 Å². The van der Waals surface area contributed by atoms with Gasteiger partial charge >= 0.3 is 0 Å². The summed E-state index contributed by atoms with van der Waals surface area (Å²) in [5.41, 5.74) is 0.521. The Bertz CT molecular complexity index is 2060. The fourth-order valence-electron chi connectivity index (χ4n) is 6.29. The Hall–Kier alpha value is -5.32. The first-order valence-corrected chi connectivity index (χ1v) is 24.6. The summed E-state index contributed by atoms with van der Waals surface area (Å²) in [6.07, 6.45) is -7.31. The molecule has 0 spiro atoms. The second kappa shape index (κ2) is 33.5. The summed E-state index contributed by atoms with van der Waals surface area (Å²) in [5, 5.41) is 61.9. The first-order valence-electron chi connectivity index (χ1n) is 22.9. The number of amides is 7. The fraction of sp³-hybridized carbons (Fsp3) is 0.651. The standard InChI is InChI=1S/C43H66N6O23S/c1-27(51)70-24-28-2-3-31(71-43-41(60)40(59)39(58)32(23-50)72-43)29(22-28)47-34(53)6-9-44-36(55)25-69-15-11-46-42(61)30(26-73(62,63)64)48-35(54)8-13-65-16-18-67-20-21-68-19-17-66-14-10-45-33(52)7-12-49-37(56)4-5-38(49)57/h2-5,22,27,30,32,39-41,43,50-51,58-60H,6-21,23-26H2,1H3,(H,44,55)(H,45,52)(H,46,61)(H,47,53)(H,48,54)(H,62,63,64)/t27?,30-,32-,39+,40+,41-,43-/m1/s1. The molecule has 2 heterocycles. The van der Waals surface area contributed by atoms with E-state index in [-0.39, 0.29) is 129 Å². The fourth-order valence-corrected chi connectivity index (χ4v) is 6.95. The van der Waals surface area contributed by atoms with Gasteiger partial charge in [0.15, 0.2) is 6.29 Å². The average Bonchev–Trinajstić information content (AvgIpc) is 3.66. The van der Waals surface area contributed by atoms with Crippen LogP contribution in [0.2, 0.25) is 0 Å². The molecule has 11 N–H and O–H groups in total. The summed E-state index contributed by atoms with van der Waals surface area (Å²) >= 11 is 0. The van der Waals surface area contributed by atoms with E-state index in [2.05, 4.69) is 26.6 Å². The monoisotopic (exact) mass is 1070 g/mol. The molecule has 7 atom stereocenters. The molecular formula is C43H66N6O23S. The van der Waals surface area contributed by atoms with Crippen LogP contribution >= 0.6 is 0 Å². The molecule has 0 saturated carbocycles. The normalized spacial score (nSPS) is 19.5. The number of carbonyl (C=O) groups excluding carboxylic acids is 7. The number of anilines is 1. The van der Waals surface area contributed by atoms with Crippen LogP contribution in [0.1, 0.15) is 31.7 Å². The van der Waals surface area contributed by atoms with Gasteiger partial charge in [-0.25, -0.2) is 0 Å². The molecule has 73 heavy (non-hydrogen) atoms. The van der Waals surface area contributed by atoms with Gasteiger partial charge in [-0.15, -0.1) is 0 Å². The molecule has 1 unspecified atom stereocenters. The van der Waals surface area contributed by atoms with E-state index in [0.29, 0.717) is 5.56 Å². The molecule has 2 aliphatic heterocycles. The van der Waals surface area contributed by atoms with E-state index in [9.17, 15) is 72.1 Å². The van der Waals surface area contributed by atoms with E-state index in [1.807, 2.05) is 0 Å². The number of ether oxygens (including phenoxy) is 8. The number of rotatable bonds is 37. The first kappa shape index (κ1) is 62.0. The molecule has 1 saturated heterocycles. The van der Waals surface area contributed by atoms with Crippen molar-refractivity contribution in [3.8, 4) is 5.75 Å². The number of nitrogens with one attached hydrogen (secondary N) is 5. The lowest BCUT2D eigenvalue weighted by molar-refractivity contribution is -0.277. The van der Waals surface area contributed by atoms with Crippen LogP contribution in [0.3, 0.4) is 0 Å². The molecule has 0 aromatic heterocycles. The van der Waals surface area contributed by atoms with Crippen LogP contribution < -0.4 is 31.3 Å². The number of benzene rings is 1. The van der Waals surface area contributed by atoms with Gasteiger partial charge < -0.3 is 90.0 Å². The van der Waals surface area contributed by atoms with Crippen molar-refractivity contribution in [3.05, 3.63) is 35.9 Å². The molecule has 0 bridgehead atoms. The Kier molecular flexibility index (Phi) is 28.4. The minimum atomic E-state index is -4.72. The lowest BCUT2D eigenvalue weighted by atomic mass is 9.99. The van der Waals surface area contributed by atoms with E-state index in [1.165, 1.54) is 25.1 Å². The summed E-state index contributed by atoms with van der Waals surface area (Å²) in [5.74, 6) is -5.41. The third kappa shape index (κ3) is 25.0. The zero-order valence-corrected chi connectivity index (χ0v) is 40.9. The lowest BCUT2D eigenvalue weighted by Gasteiger charge is -2.39. The third-order valence-corrected chi connectivity index (χ3v) is 10.8. The first-order chi connectivity index (χ1) is 34.8. The van der Waals surface area contributed by atoms with Crippen molar-refractivity contribution >= 4 is 57.2 Å². The molecule has 3 rings (SSSR count). The second-order valence-electron chi connectivity index (χ2n) is 15.9. The Morgan fingerprint density at radius 3 is 1.96 bits per heavy atom. The smallest absolute Gasteiger partial charge is 0.267 e. The molecule has 29 nitrogen and oxygen atoms in total. The van der Waals surface area contributed by atoms with E-state index in [0.717, 1.165) is 17.1 Å².